The van der Waals surface area contributed by atoms with Gasteiger partial charge in [-0.3, -0.25) is 0 Å². The molecule has 8 nitrogen and oxygen atoms in total. The lowest BCUT2D eigenvalue weighted by Gasteiger charge is -2.36. The fourth-order valence-electron chi connectivity index (χ4n) is 5.28. The zero-order valence-electron chi connectivity index (χ0n) is 22.2. The number of carboxylic acid groups (broad SMARTS) is 2. The molecule has 0 amide bonds. The highest BCUT2D eigenvalue weighted by Crippen LogP contribution is 2.39. The number of hydrogen-bond acceptors (Lipinski definition) is 5. The lowest BCUT2D eigenvalue weighted by molar-refractivity contribution is -0.134. The Labute approximate surface area is 232 Å². The summed E-state index contributed by atoms with van der Waals surface area (Å²) in [4.78, 5) is 21.6. The van der Waals surface area contributed by atoms with Crippen LogP contribution in [0.15, 0.2) is 79.0 Å². The van der Waals surface area contributed by atoms with Crippen LogP contribution in [0.25, 0.3) is 0 Å². The van der Waals surface area contributed by atoms with Crippen LogP contribution in [0.2, 0.25) is 0 Å². The summed E-state index contributed by atoms with van der Waals surface area (Å²) < 4.78 is 22.0. The van der Waals surface area contributed by atoms with Gasteiger partial charge in [0.05, 0.1) is 18.3 Å². The Hall–Kier alpha value is -3.95. The monoisotopic (exact) mass is 550 g/mol. The molecule has 2 aliphatic rings. The lowest BCUT2D eigenvalue weighted by Crippen LogP contribution is -2.37. The maximum atomic E-state index is 13.1. The third kappa shape index (κ3) is 8.03. The molecular weight excluding hydrogens is 515 g/mol. The van der Waals surface area contributed by atoms with E-state index in [0.717, 1.165) is 56.8 Å². The van der Waals surface area contributed by atoms with Crippen LogP contribution in [0.4, 0.5) is 4.39 Å². The first-order chi connectivity index (χ1) is 19.3. The molecule has 0 saturated carbocycles. The highest BCUT2D eigenvalue weighted by Gasteiger charge is 2.33. The Morgan fingerprint density at radius 1 is 0.975 bits per heavy atom. The predicted octanol–water partition coefficient (Wildman–Crippen LogP) is 5.05. The van der Waals surface area contributed by atoms with Crippen molar-refractivity contribution in [2.45, 2.75) is 44.4 Å². The molecule has 1 saturated heterocycles. The number of fused-ring (bicyclic) bond motifs is 2. The molecule has 9 heteroatoms. The van der Waals surface area contributed by atoms with Gasteiger partial charge in [-0.1, -0.05) is 30.3 Å². The molecule has 3 N–H and O–H groups in total. The number of aliphatic hydroxyl groups excluding tert-OH is 1. The number of aliphatic carboxylic acids is 2. The number of ether oxygens (including phenoxy) is 1. The molecule has 0 aliphatic carbocycles. The van der Waals surface area contributed by atoms with Crippen molar-refractivity contribution < 1.29 is 34.0 Å². The van der Waals surface area contributed by atoms with E-state index in [2.05, 4.69) is 52.1 Å². The van der Waals surface area contributed by atoms with E-state index in [1.54, 1.807) is 12.1 Å². The van der Waals surface area contributed by atoms with E-state index < -0.39 is 18.0 Å². The molecule has 0 spiro atoms. The number of para-hydroxylation sites is 1. The molecule has 1 fully saturated rings. The van der Waals surface area contributed by atoms with E-state index in [4.69, 9.17) is 14.9 Å². The van der Waals surface area contributed by atoms with Crippen molar-refractivity contribution in [3.8, 4) is 5.75 Å². The summed E-state index contributed by atoms with van der Waals surface area (Å²) in [6.07, 6.45) is 6.69. The molecule has 40 heavy (non-hydrogen) atoms. The summed E-state index contributed by atoms with van der Waals surface area (Å²) in [6, 6.07) is 18.9. The number of benzene rings is 2. The normalized spacial score (nSPS) is 18.0. The van der Waals surface area contributed by atoms with Crippen LogP contribution in [0.1, 0.15) is 54.7 Å². The zero-order valence-corrected chi connectivity index (χ0v) is 22.2. The Morgan fingerprint density at radius 2 is 1.65 bits per heavy atom. The molecule has 212 valence electrons. The van der Waals surface area contributed by atoms with Gasteiger partial charge in [-0.25, -0.2) is 14.0 Å². The topological polar surface area (TPSA) is 112 Å². The highest BCUT2D eigenvalue weighted by molar-refractivity contribution is 5.89. The molecule has 2 atom stereocenters. The Balaban J connectivity index is 0.000000406. The maximum absolute atomic E-state index is 13.1. The van der Waals surface area contributed by atoms with Gasteiger partial charge < -0.3 is 29.5 Å². The fraction of sp³-hybridized carbons (Fsp3) is 0.355. The first-order valence-electron chi connectivity index (χ1n) is 13.5. The van der Waals surface area contributed by atoms with Crippen LogP contribution in [0.3, 0.4) is 0 Å². The van der Waals surface area contributed by atoms with Gasteiger partial charge >= 0.3 is 11.9 Å². The Bertz CT molecular complexity index is 1280. The Kier molecular flexibility index (Phi) is 10.1. The standard InChI is InChI=1S/C27H31FN2O2.C4H4O4/c28-23-11-9-20(10-12-23)25(31)7-4-15-29-17-13-21(14-18-29)27-24-6-3-16-30(24)19-22-5-1-2-8-26(22)32-27;5-3(6)1-2-4(7)8/h1-3,5-6,8-12,16,21,25,27,31H,4,7,13-15,17-19H2;1-2H,(H,5,6)(H,7,8)/b;2-1+. The van der Waals surface area contributed by atoms with Crippen molar-refractivity contribution in [2.24, 2.45) is 5.92 Å². The van der Waals surface area contributed by atoms with Crippen LogP contribution >= 0.6 is 0 Å². The molecule has 0 radical (unpaired) electrons. The highest BCUT2D eigenvalue weighted by atomic mass is 19.1. The first-order valence-corrected chi connectivity index (χ1v) is 13.5. The largest absolute Gasteiger partial charge is 0.484 e. The van der Waals surface area contributed by atoms with Gasteiger partial charge in [-0.05, 0) is 81.2 Å². The van der Waals surface area contributed by atoms with E-state index in [9.17, 15) is 19.1 Å². The van der Waals surface area contributed by atoms with Gasteiger partial charge in [-0.15, -0.1) is 0 Å². The van der Waals surface area contributed by atoms with Crippen LogP contribution in [0, 0.1) is 11.7 Å². The van der Waals surface area contributed by atoms with Crippen molar-refractivity contribution in [3.63, 3.8) is 0 Å². The van der Waals surface area contributed by atoms with E-state index >= 15 is 0 Å². The first kappa shape index (κ1) is 29.0. The SMILES string of the molecule is O=C(O)/C=C/C(=O)O.OC(CCCN1CCC(C2Oc3ccccc3Cn3cccc32)CC1)c1ccc(F)cc1. The number of piperidine rings is 1. The summed E-state index contributed by atoms with van der Waals surface area (Å²) in [5.74, 6) is -1.27. The minimum absolute atomic E-state index is 0.0936. The zero-order chi connectivity index (χ0) is 28.5. The third-order valence-corrected chi connectivity index (χ3v) is 7.36. The summed E-state index contributed by atoms with van der Waals surface area (Å²) in [5.41, 5.74) is 3.31. The second kappa shape index (κ2) is 13.9. The van der Waals surface area contributed by atoms with Crippen LogP contribution in [-0.4, -0.2) is 56.4 Å². The number of aromatic nitrogens is 1. The number of nitrogens with zero attached hydrogens (tertiary/aromatic N) is 2. The van der Waals surface area contributed by atoms with E-state index in [0.29, 0.717) is 24.5 Å². The number of carboxylic acids is 2. The van der Waals surface area contributed by atoms with Gasteiger partial charge in [0.2, 0.25) is 0 Å². The minimum atomic E-state index is -1.26. The van der Waals surface area contributed by atoms with Crippen molar-refractivity contribution >= 4 is 11.9 Å². The van der Waals surface area contributed by atoms with Gasteiger partial charge in [-0.2, -0.15) is 0 Å². The molecule has 5 rings (SSSR count). The summed E-state index contributed by atoms with van der Waals surface area (Å²) in [6.45, 7) is 3.96. The van der Waals surface area contributed by atoms with E-state index in [1.807, 2.05) is 0 Å². The van der Waals surface area contributed by atoms with Crippen LogP contribution < -0.4 is 4.74 Å². The van der Waals surface area contributed by atoms with Gasteiger partial charge in [0, 0.05) is 29.8 Å². The quantitative estimate of drug-likeness (QED) is 0.337. The van der Waals surface area contributed by atoms with Crippen LogP contribution in [0.5, 0.6) is 5.75 Å². The summed E-state index contributed by atoms with van der Waals surface area (Å²) in [7, 11) is 0. The Morgan fingerprint density at radius 3 is 2.33 bits per heavy atom. The number of aliphatic hydroxyl groups is 1. The van der Waals surface area contributed by atoms with Gasteiger partial charge in [0.1, 0.15) is 17.7 Å². The van der Waals surface area contributed by atoms with E-state index in [-0.39, 0.29) is 11.9 Å². The number of carbonyl (C=O) groups is 2. The molecule has 2 aromatic carbocycles. The minimum Gasteiger partial charge on any atom is -0.484 e. The number of hydrogen-bond donors (Lipinski definition) is 3. The van der Waals surface area contributed by atoms with Crippen molar-refractivity contribution in [1.29, 1.82) is 0 Å². The number of rotatable bonds is 8. The molecule has 3 heterocycles. The second-order valence-electron chi connectivity index (χ2n) is 10.1. The smallest absolute Gasteiger partial charge is 0.328 e. The average molecular weight is 551 g/mol. The lowest BCUT2D eigenvalue weighted by atomic mass is 9.89. The molecule has 0 bridgehead atoms. The second-order valence-corrected chi connectivity index (χ2v) is 10.1. The third-order valence-electron chi connectivity index (χ3n) is 7.36. The summed E-state index contributed by atoms with van der Waals surface area (Å²) >= 11 is 0. The number of halogens is 1. The van der Waals surface area contributed by atoms with Crippen molar-refractivity contribution in [1.82, 2.24) is 9.47 Å². The predicted molar refractivity (Wildman–Crippen MR) is 148 cm³/mol. The molecule has 2 unspecified atom stereocenters. The fourth-order valence-corrected chi connectivity index (χ4v) is 5.28. The number of likely N-dealkylation sites (tertiary alicyclic amines) is 1. The molecule has 2 aliphatic heterocycles. The van der Waals surface area contributed by atoms with Gasteiger partial charge in [0.15, 0.2) is 0 Å². The van der Waals surface area contributed by atoms with Crippen LogP contribution in [-0.2, 0) is 16.1 Å². The molecule has 1 aromatic heterocycles. The summed E-state index contributed by atoms with van der Waals surface area (Å²) in [5, 5.41) is 26.0. The van der Waals surface area contributed by atoms with Crippen molar-refractivity contribution in [3.05, 3.63) is 102 Å². The van der Waals surface area contributed by atoms with E-state index in [1.165, 1.54) is 23.4 Å². The van der Waals surface area contributed by atoms with Gasteiger partial charge in [0.25, 0.3) is 0 Å². The molecule has 3 aromatic rings. The average Bonchev–Trinajstić information content (AvgIpc) is 3.34. The maximum Gasteiger partial charge on any atom is 0.328 e. The molecular formula is C31H35FN2O6. The van der Waals surface area contributed by atoms with Crippen molar-refractivity contribution in [2.75, 3.05) is 19.6 Å².